The van der Waals surface area contributed by atoms with E-state index in [4.69, 9.17) is 0 Å². The summed E-state index contributed by atoms with van der Waals surface area (Å²) in [5.74, 6) is -0.592. The smallest absolute Gasteiger partial charge is 0.271 e. The Morgan fingerprint density at radius 1 is 1.28 bits per heavy atom. The monoisotopic (exact) mass is 345 g/mol. The Hall–Kier alpha value is -2.44. The van der Waals surface area contributed by atoms with Gasteiger partial charge < -0.3 is 10.2 Å². The second-order valence-corrected chi connectivity index (χ2v) is 6.98. The van der Waals surface area contributed by atoms with Crippen LogP contribution in [0.2, 0.25) is 0 Å². The van der Waals surface area contributed by atoms with Crippen LogP contribution in [0.15, 0.2) is 18.2 Å². The molecule has 0 bridgehead atoms. The summed E-state index contributed by atoms with van der Waals surface area (Å²) in [7, 11) is 0. The van der Waals surface area contributed by atoms with Gasteiger partial charge in [-0.2, -0.15) is 0 Å². The molecule has 2 aliphatic rings. The molecule has 1 aliphatic carbocycles. The van der Waals surface area contributed by atoms with Crippen molar-refractivity contribution in [1.82, 2.24) is 4.90 Å². The van der Waals surface area contributed by atoms with Gasteiger partial charge in [0.2, 0.25) is 11.8 Å². The average molecular weight is 345 g/mol. The number of aryl methyl sites for hydroxylation is 1. The largest absolute Gasteiger partial charge is 0.339 e. The van der Waals surface area contributed by atoms with Crippen molar-refractivity contribution in [3.63, 3.8) is 0 Å². The molecule has 25 heavy (non-hydrogen) atoms. The van der Waals surface area contributed by atoms with Crippen LogP contribution in [0.4, 0.5) is 11.4 Å². The van der Waals surface area contributed by atoms with Gasteiger partial charge >= 0.3 is 0 Å². The molecule has 1 heterocycles. The molecule has 7 heteroatoms. The minimum atomic E-state index is -0.487. The predicted molar refractivity (Wildman–Crippen MR) is 93.2 cm³/mol. The Balaban J connectivity index is 1.67. The zero-order valence-corrected chi connectivity index (χ0v) is 14.4. The second-order valence-electron chi connectivity index (χ2n) is 6.98. The van der Waals surface area contributed by atoms with Crippen molar-refractivity contribution in [1.29, 1.82) is 0 Å². The van der Waals surface area contributed by atoms with Gasteiger partial charge in [-0.1, -0.05) is 25.3 Å². The molecule has 1 aromatic rings. The zero-order chi connectivity index (χ0) is 18.0. The van der Waals surface area contributed by atoms with Crippen LogP contribution in [0.5, 0.6) is 0 Å². The van der Waals surface area contributed by atoms with E-state index >= 15 is 0 Å². The lowest BCUT2D eigenvalue weighted by Crippen LogP contribution is -2.38. The molecule has 7 nitrogen and oxygen atoms in total. The first-order valence-electron chi connectivity index (χ1n) is 8.81. The number of likely N-dealkylation sites (tertiary alicyclic amines) is 1. The van der Waals surface area contributed by atoms with E-state index in [2.05, 4.69) is 5.32 Å². The zero-order valence-electron chi connectivity index (χ0n) is 14.4. The summed E-state index contributed by atoms with van der Waals surface area (Å²) in [6.07, 6.45) is 5.75. The summed E-state index contributed by atoms with van der Waals surface area (Å²) in [6, 6.07) is 4.65. The highest BCUT2D eigenvalue weighted by Crippen LogP contribution is 2.30. The van der Waals surface area contributed by atoms with Gasteiger partial charge in [0, 0.05) is 31.1 Å². The lowest BCUT2D eigenvalue weighted by molar-refractivity contribution is -0.384. The van der Waals surface area contributed by atoms with E-state index in [1.54, 1.807) is 13.0 Å². The number of carbonyl (C=O) groups is 2. The third-order valence-electron chi connectivity index (χ3n) is 5.23. The van der Waals surface area contributed by atoms with Crippen LogP contribution in [-0.4, -0.2) is 34.2 Å². The molecular formula is C18H23N3O4. The molecule has 134 valence electrons. The van der Waals surface area contributed by atoms with Crippen LogP contribution in [0.3, 0.4) is 0 Å². The van der Waals surface area contributed by atoms with Gasteiger partial charge in [0.1, 0.15) is 0 Å². The van der Waals surface area contributed by atoms with Crippen LogP contribution >= 0.6 is 0 Å². The second kappa shape index (κ2) is 7.21. The minimum absolute atomic E-state index is 0.0443. The van der Waals surface area contributed by atoms with Crippen LogP contribution in [0, 0.1) is 23.0 Å². The van der Waals surface area contributed by atoms with Gasteiger partial charge in [-0.25, -0.2) is 0 Å². The summed E-state index contributed by atoms with van der Waals surface area (Å²) >= 11 is 0. The molecule has 2 fully saturated rings. The summed E-state index contributed by atoms with van der Waals surface area (Å²) in [6.45, 7) is 2.23. The molecule has 0 unspecified atom stereocenters. The topological polar surface area (TPSA) is 92.5 Å². The van der Waals surface area contributed by atoms with Crippen LogP contribution in [-0.2, 0) is 9.59 Å². The van der Waals surface area contributed by atoms with Crippen molar-refractivity contribution in [2.75, 3.05) is 11.9 Å². The average Bonchev–Trinajstić information content (AvgIpc) is 2.99. The fourth-order valence-corrected chi connectivity index (χ4v) is 3.75. The van der Waals surface area contributed by atoms with Crippen molar-refractivity contribution >= 4 is 23.2 Å². The minimum Gasteiger partial charge on any atom is -0.339 e. The summed E-state index contributed by atoms with van der Waals surface area (Å²) < 4.78 is 0. The van der Waals surface area contributed by atoms with Crippen molar-refractivity contribution in [2.24, 2.45) is 5.92 Å². The van der Waals surface area contributed by atoms with E-state index in [0.717, 1.165) is 31.2 Å². The third kappa shape index (κ3) is 3.81. The number of anilines is 1. The maximum absolute atomic E-state index is 12.6. The van der Waals surface area contributed by atoms with Crippen LogP contribution in [0.1, 0.15) is 44.1 Å². The number of nitro benzene ring substituents is 1. The van der Waals surface area contributed by atoms with Crippen molar-refractivity contribution in [3.05, 3.63) is 33.9 Å². The molecule has 1 atom stereocenters. The lowest BCUT2D eigenvalue weighted by atomic mass is 9.94. The number of hydrogen-bond acceptors (Lipinski definition) is 4. The molecular weight excluding hydrogens is 322 g/mol. The first-order chi connectivity index (χ1) is 12.0. The Kier molecular flexibility index (Phi) is 5.01. The van der Waals surface area contributed by atoms with E-state index in [0.29, 0.717) is 12.2 Å². The number of amides is 2. The van der Waals surface area contributed by atoms with Crippen LogP contribution < -0.4 is 5.32 Å². The molecule has 1 aliphatic heterocycles. The number of nitro groups is 1. The number of nitrogens with zero attached hydrogens (tertiary/aromatic N) is 2. The predicted octanol–water partition coefficient (Wildman–Crippen LogP) is 3.02. The normalized spacial score (nSPS) is 21.4. The Morgan fingerprint density at radius 2 is 2.00 bits per heavy atom. The Bertz CT molecular complexity index is 698. The number of benzene rings is 1. The molecule has 0 spiro atoms. The molecule has 1 aromatic carbocycles. The summed E-state index contributed by atoms with van der Waals surface area (Å²) in [5.41, 5.74) is 1.13. The number of rotatable bonds is 4. The lowest BCUT2D eigenvalue weighted by Gasteiger charge is -2.31. The number of carbonyl (C=O) groups excluding carboxylic acids is 2. The molecule has 0 aromatic heterocycles. The molecule has 1 N–H and O–H groups in total. The van der Waals surface area contributed by atoms with Gasteiger partial charge in [-0.15, -0.1) is 0 Å². The van der Waals surface area contributed by atoms with Crippen molar-refractivity contribution in [2.45, 2.75) is 51.5 Å². The highest BCUT2D eigenvalue weighted by molar-refractivity contribution is 5.98. The number of hydrogen-bond donors (Lipinski definition) is 1. The van der Waals surface area contributed by atoms with Crippen molar-refractivity contribution in [3.8, 4) is 0 Å². The molecule has 1 saturated heterocycles. The van der Waals surface area contributed by atoms with Gasteiger partial charge in [-0.3, -0.25) is 19.7 Å². The van der Waals surface area contributed by atoms with E-state index in [9.17, 15) is 19.7 Å². The van der Waals surface area contributed by atoms with E-state index in [1.807, 2.05) is 4.90 Å². The SMILES string of the molecule is Cc1ccc([N+](=O)[O-])cc1NC(=O)[C@H]1CC(=O)N(C2CCCCC2)C1. The van der Waals surface area contributed by atoms with E-state index < -0.39 is 10.8 Å². The van der Waals surface area contributed by atoms with Gasteiger partial charge in [0.15, 0.2) is 0 Å². The summed E-state index contributed by atoms with van der Waals surface area (Å²) in [5, 5.41) is 13.7. The van der Waals surface area contributed by atoms with E-state index in [1.165, 1.54) is 18.6 Å². The van der Waals surface area contributed by atoms with Crippen LogP contribution in [0.25, 0.3) is 0 Å². The van der Waals surface area contributed by atoms with E-state index in [-0.39, 0.29) is 30.0 Å². The standard InChI is InChI=1S/C18H23N3O4/c1-12-7-8-15(21(24)25)10-16(12)19-18(23)13-9-17(22)20(11-13)14-5-3-2-4-6-14/h7-8,10,13-14H,2-6,9,11H2,1H3,(H,19,23)/t13-/m0/s1. The van der Waals surface area contributed by atoms with Gasteiger partial charge in [0.25, 0.3) is 5.69 Å². The first-order valence-corrected chi connectivity index (χ1v) is 8.81. The maximum Gasteiger partial charge on any atom is 0.271 e. The summed E-state index contributed by atoms with van der Waals surface area (Å²) in [4.78, 5) is 37.2. The highest BCUT2D eigenvalue weighted by Gasteiger charge is 2.38. The van der Waals surface area contributed by atoms with Gasteiger partial charge in [-0.05, 0) is 25.3 Å². The quantitative estimate of drug-likeness (QED) is 0.670. The Labute approximate surface area is 146 Å². The molecule has 0 radical (unpaired) electrons. The maximum atomic E-state index is 12.6. The fourth-order valence-electron chi connectivity index (χ4n) is 3.75. The fraction of sp³-hybridized carbons (Fsp3) is 0.556. The third-order valence-corrected chi connectivity index (χ3v) is 5.23. The molecule has 3 rings (SSSR count). The Morgan fingerprint density at radius 3 is 2.68 bits per heavy atom. The molecule has 2 amide bonds. The van der Waals surface area contributed by atoms with Crippen molar-refractivity contribution < 1.29 is 14.5 Å². The molecule has 1 saturated carbocycles. The highest BCUT2D eigenvalue weighted by atomic mass is 16.6. The van der Waals surface area contributed by atoms with Gasteiger partial charge in [0.05, 0.1) is 16.5 Å². The number of nitrogens with one attached hydrogen (secondary N) is 1. The first kappa shape index (κ1) is 17.4. The number of non-ortho nitro benzene ring substituents is 1.